The summed E-state index contributed by atoms with van der Waals surface area (Å²) >= 11 is 0. The van der Waals surface area contributed by atoms with Crippen LogP contribution in [0.1, 0.15) is 153 Å². The number of aryl methyl sites for hydroxylation is 1. The third kappa shape index (κ3) is 10.4. The van der Waals surface area contributed by atoms with Gasteiger partial charge in [0.25, 0.3) is 0 Å². The first kappa shape index (κ1) is 27.8. The van der Waals surface area contributed by atoms with Crippen molar-refractivity contribution in [1.82, 2.24) is 0 Å². The molecule has 1 aromatic rings. The summed E-state index contributed by atoms with van der Waals surface area (Å²) in [6, 6.07) is 9.48. The van der Waals surface area contributed by atoms with Crippen LogP contribution in [0.5, 0.6) is 0 Å². The van der Waals surface area contributed by atoms with E-state index in [1.54, 1.807) is 5.56 Å². The Labute approximate surface area is 212 Å². The molecule has 0 saturated heterocycles. The van der Waals surface area contributed by atoms with Crippen molar-refractivity contribution in [1.29, 1.82) is 0 Å². The second-order valence-corrected chi connectivity index (χ2v) is 11.8. The van der Waals surface area contributed by atoms with E-state index in [0.717, 1.165) is 24.4 Å². The first-order chi connectivity index (χ1) is 16.8. The van der Waals surface area contributed by atoms with Gasteiger partial charge in [0, 0.05) is 6.61 Å². The Morgan fingerprint density at radius 1 is 0.618 bits per heavy atom. The number of benzene rings is 1. The van der Waals surface area contributed by atoms with Gasteiger partial charge in [-0.15, -0.1) is 0 Å². The number of ether oxygens (including phenoxy) is 1. The van der Waals surface area contributed by atoms with Gasteiger partial charge < -0.3 is 4.74 Å². The fourth-order valence-electron chi connectivity index (χ4n) is 6.63. The van der Waals surface area contributed by atoms with E-state index < -0.39 is 0 Å². The molecular weight excluding hydrogens is 412 g/mol. The normalized spacial score (nSPS) is 25.5. The SMILES string of the molecule is CCCCCCCCC[C@H]1CC[C@H](CCCO[C@H]2CC[C@H](c3ccc(CCC)cc3)CC2)CC1. The Kier molecular flexibility index (Phi) is 13.7. The third-order valence-electron chi connectivity index (χ3n) is 8.96. The minimum Gasteiger partial charge on any atom is -0.378 e. The third-order valence-corrected chi connectivity index (χ3v) is 8.96. The maximum atomic E-state index is 6.33. The van der Waals surface area contributed by atoms with Crippen LogP contribution in [0.4, 0.5) is 0 Å². The highest BCUT2D eigenvalue weighted by atomic mass is 16.5. The van der Waals surface area contributed by atoms with Crippen molar-refractivity contribution in [3.8, 4) is 0 Å². The molecule has 0 N–H and O–H groups in total. The standard InChI is InChI=1S/C33H56O/c1-3-5-6-7-8-9-10-13-29-15-17-30(18-16-29)14-11-27-34-33-25-23-32(24-26-33)31-21-19-28(12-4-2)20-22-31/h19-22,29-30,32-33H,3-18,23-27H2,1-2H3/t29-,30-,32-,33-. The topological polar surface area (TPSA) is 9.23 Å². The highest BCUT2D eigenvalue weighted by Crippen LogP contribution is 2.36. The smallest absolute Gasteiger partial charge is 0.0575 e. The highest BCUT2D eigenvalue weighted by Gasteiger charge is 2.23. The molecule has 2 aliphatic rings. The van der Waals surface area contributed by atoms with Crippen LogP contribution >= 0.6 is 0 Å². The lowest BCUT2D eigenvalue weighted by molar-refractivity contribution is 0.0204. The van der Waals surface area contributed by atoms with E-state index in [1.165, 1.54) is 134 Å². The van der Waals surface area contributed by atoms with E-state index in [2.05, 4.69) is 38.1 Å². The van der Waals surface area contributed by atoms with Gasteiger partial charge in [0.2, 0.25) is 0 Å². The molecule has 34 heavy (non-hydrogen) atoms. The Bertz CT molecular complexity index is 604. The van der Waals surface area contributed by atoms with Crippen molar-refractivity contribution < 1.29 is 4.74 Å². The van der Waals surface area contributed by atoms with Crippen LogP contribution < -0.4 is 0 Å². The molecular formula is C33H56O. The van der Waals surface area contributed by atoms with Crippen molar-refractivity contribution in [2.75, 3.05) is 6.61 Å². The monoisotopic (exact) mass is 468 g/mol. The first-order valence-electron chi connectivity index (χ1n) is 15.5. The number of unbranched alkanes of at least 4 members (excludes halogenated alkanes) is 6. The molecule has 0 atom stereocenters. The van der Waals surface area contributed by atoms with E-state index in [1.807, 2.05) is 0 Å². The highest BCUT2D eigenvalue weighted by molar-refractivity contribution is 5.26. The van der Waals surface area contributed by atoms with Crippen LogP contribution in [-0.4, -0.2) is 12.7 Å². The average molecular weight is 469 g/mol. The Hall–Kier alpha value is -0.820. The minimum absolute atomic E-state index is 0.522. The quantitative estimate of drug-likeness (QED) is 0.219. The molecule has 2 saturated carbocycles. The van der Waals surface area contributed by atoms with E-state index in [4.69, 9.17) is 4.74 Å². The zero-order chi connectivity index (χ0) is 23.8. The Balaban J connectivity index is 1.17. The van der Waals surface area contributed by atoms with Gasteiger partial charge in [-0.1, -0.05) is 122 Å². The van der Waals surface area contributed by atoms with Crippen molar-refractivity contribution in [3.05, 3.63) is 35.4 Å². The summed E-state index contributed by atoms with van der Waals surface area (Å²) in [5.74, 6) is 2.79. The summed E-state index contributed by atoms with van der Waals surface area (Å²) in [4.78, 5) is 0. The molecule has 0 amide bonds. The second-order valence-electron chi connectivity index (χ2n) is 11.8. The van der Waals surface area contributed by atoms with Gasteiger partial charge in [-0.25, -0.2) is 0 Å². The van der Waals surface area contributed by atoms with Crippen LogP contribution in [0.2, 0.25) is 0 Å². The van der Waals surface area contributed by atoms with Crippen molar-refractivity contribution in [2.24, 2.45) is 11.8 Å². The zero-order valence-corrected chi connectivity index (χ0v) is 22.9. The number of hydrogen-bond donors (Lipinski definition) is 0. The van der Waals surface area contributed by atoms with Crippen LogP contribution in [-0.2, 0) is 11.2 Å². The Morgan fingerprint density at radius 3 is 1.82 bits per heavy atom. The van der Waals surface area contributed by atoms with Gasteiger partial charge in [0.15, 0.2) is 0 Å². The molecule has 0 unspecified atom stereocenters. The second kappa shape index (κ2) is 16.8. The molecule has 2 aliphatic carbocycles. The zero-order valence-electron chi connectivity index (χ0n) is 22.9. The molecule has 1 nitrogen and oxygen atoms in total. The van der Waals surface area contributed by atoms with Crippen molar-refractivity contribution in [3.63, 3.8) is 0 Å². The molecule has 1 aromatic carbocycles. The molecule has 0 bridgehead atoms. The van der Waals surface area contributed by atoms with Crippen LogP contribution in [0.15, 0.2) is 24.3 Å². The average Bonchev–Trinajstić information content (AvgIpc) is 2.88. The predicted molar refractivity (Wildman–Crippen MR) is 149 cm³/mol. The summed E-state index contributed by atoms with van der Waals surface area (Å²) < 4.78 is 6.33. The lowest BCUT2D eigenvalue weighted by Gasteiger charge is -2.30. The molecule has 0 spiro atoms. The maximum absolute atomic E-state index is 6.33. The minimum atomic E-state index is 0.522. The molecule has 3 rings (SSSR count). The van der Waals surface area contributed by atoms with Gasteiger partial charge in [0.1, 0.15) is 0 Å². The fourth-order valence-corrected chi connectivity index (χ4v) is 6.63. The van der Waals surface area contributed by atoms with Gasteiger partial charge in [-0.05, 0) is 73.8 Å². The van der Waals surface area contributed by atoms with Gasteiger partial charge >= 0.3 is 0 Å². The summed E-state index contributed by atoms with van der Waals surface area (Å²) in [6.45, 7) is 5.57. The first-order valence-corrected chi connectivity index (χ1v) is 15.5. The maximum Gasteiger partial charge on any atom is 0.0575 e. The molecule has 0 radical (unpaired) electrons. The van der Waals surface area contributed by atoms with E-state index in [0.29, 0.717) is 6.10 Å². The van der Waals surface area contributed by atoms with E-state index >= 15 is 0 Å². The van der Waals surface area contributed by atoms with Gasteiger partial charge in [0.05, 0.1) is 6.10 Å². The summed E-state index contributed by atoms with van der Waals surface area (Å²) in [6.07, 6.45) is 28.5. The van der Waals surface area contributed by atoms with Crippen molar-refractivity contribution in [2.45, 2.75) is 154 Å². The fraction of sp³-hybridized carbons (Fsp3) is 0.818. The summed E-state index contributed by atoms with van der Waals surface area (Å²) in [5.41, 5.74) is 3.05. The van der Waals surface area contributed by atoms with Crippen LogP contribution in [0.3, 0.4) is 0 Å². The summed E-state index contributed by atoms with van der Waals surface area (Å²) in [5, 5.41) is 0. The predicted octanol–water partition coefficient (Wildman–Crippen LogP) is 10.4. The molecule has 194 valence electrons. The van der Waals surface area contributed by atoms with Gasteiger partial charge in [-0.2, -0.15) is 0 Å². The number of hydrogen-bond acceptors (Lipinski definition) is 1. The van der Waals surface area contributed by atoms with Crippen LogP contribution in [0.25, 0.3) is 0 Å². The van der Waals surface area contributed by atoms with Crippen LogP contribution in [0, 0.1) is 11.8 Å². The Morgan fingerprint density at radius 2 is 1.21 bits per heavy atom. The van der Waals surface area contributed by atoms with Crippen molar-refractivity contribution >= 4 is 0 Å². The molecule has 0 aliphatic heterocycles. The molecule has 2 fully saturated rings. The molecule has 0 aromatic heterocycles. The molecule has 0 heterocycles. The van der Waals surface area contributed by atoms with E-state index in [-0.39, 0.29) is 0 Å². The largest absolute Gasteiger partial charge is 0.378 e. The van der Waals surface area contributed by atoms with E-state index in [9.17, 15) is 0 Å². The molecule has 1 heteroatoms. The lowest BCUT2D eigenvalue weighted by Crippen LogP contribution is -2.21. The summed E-state index contributed by atoms with van der Waals surface area (Å²) in [7, 11) is 0. The lowest BCUT2D eigenvalue weighted by atomic mass is 9.78. The van der Waals surface area contributed by atoms with Gasteiger partial charge in [-0.3, -0.25) is 0 Å². The number of rotatable bonds is 16.